The van der Waals surface area contributed by atoms with Gasteiger partial charge in [-0.05, 0) is 28.8 Å². The molecular formula is C24H21Cl2NO3. The minimum atomic E-state index is -0.892. The second kappa shape index (κ2) is 10.3. The zero-order chi connectivity index (χ0) is 21.5. The van der Waals surface area contributed by atoms with E-state index in [0.717, 1.165) is 11.1 Å². The molecule has 0 radical (unpaired) electrons. The second-order valence-electron chi connectivity index (χ2n) is 6.78. The number of esters is 1. The maximum atomic E-state index is 13.3. The summed E-state index contributed by atoms with van der Waals surface area (Å²) in [6.07, 6.45) is 0.185. The molecule has 3 rings (SSSR count). The highest BCUT2D eigenvalue weighted by Crippen LogP contribution is 2.26. The van der Waals surface area contributed by atoms with E-state index in [1.807, 2.05) is 60.7 Å². The number of hydrogen-bond acceptors (Lipinski definition) is 3. The Morgan fingerprint density at radius 2 is 1.47 bits per heavy atom. The monoisotopic (exact) mass is 441 g/mol. The molecule has 1 amide bonds. The number of hydrogen-bond donors (Lipinski definition) is 1. The van der Waals surface area contributed by atoms with Crippen LogP contribution in [-0.4, -0.2) is 25.0 Å². The van der Waals surface area contributed by atoms with Crippen molar-refractivity contribution < 1.29 is 14.3 Å². The fraction of sp³-hybridized carbons (Fsp3) is 0.167. The molecule has 1 N–H and O–H groups in total. The van der Waals surface area contributed by atoms with Crippen LogP contribution in [0.1, 0.15) is 22.6 Å². The van der Waals surface area contributed by atoms with Crippen LogP contribution in [0, 0.1) is 0 Å². The van der Waals surface area contributed by atoms with E-state index in [9.17, 15) is 9.59 Å². The molecule has 0 heterocycles. The molecule has 0 bridgehead atoms. The van der Waals surface area contributed by atoms with Crippen LogP contribution in [0.25, 0.3) is 0 Å². The summed E-state index contributed by atoms with van der Waals surface area (Å²) >= 11 is 12.2. The van der Waals surface area contributed by atoms with Gasteiger partial charge in [-0.3, -0.25) is 4.79 Å². The van der Waals surface area contributed by atoms with Crippen molar-refractivity contribution in [2.75, 3.05) is 7.11 Å². The minimum Gasteiger partial charge on any atom is -0.467 e. The lowest BCUT2D eigenvalue weighted by molar-refractivity contribution is -0.145. The third-order valence-corrected chi connectivity index (χ3v) is 5.36. The number of methoxy groups -OCH3 is 1. The molecule has 0 aliphatic heterocycles. The van der Waals surface area contributed by atoms with Gasteiger partial charge in [0.15, 0.2) is 0 Å². The molecule has 0 unspecified atom stereocenters. The van der Waals surface area contributed by atoms with E-state index in [0.29, 0.717) is 15.6 Å². The van der Waals surface area contributed by atoms with Gasteiger partial charge in [0, 0.05) is 16.5 Å². The predicted octanol–water partition coefficient (Wildman–Crippen LogP) is 5.03. The third kappa shape index (κ3) is 5.41. The number of carbonyl (C=O) groups excluding carboxylic acids is 2. The van der Waals surface area contributed by atoms with E-state index in [4.69, 9.17) is 27.9 Å². The number of halogens is 2. The van der Waals surface area contributed by atoms with Crippen molar-refractivity contribution in [3.05, 3.63) is 106 Å². The van der Waals surface area contributed by atoms with E-state index in [1.165, 1.54) is 7.11 Å². The highest BCUT2D eigenvalue weighted by Gasteiger charge is 2.29. The minimum absolute atomic E-state index is 0.185. The normalized spacial score (nSPS) is 11.7. The first-order chi connectivity index (χ1) is 14.5. The summed E-state index contributed by atoms with van der Waals surface area (Å²) in [6.45, 7) is 0. The summed E-state index contributed by atoms with van der Waals surface area (Å²) in [5.74, 6) is -1.41. The lowest BCUT2D eigenvalue weighted by Gasteiger charge is -2.22. The largest absolute Gasteiger partial charge is 0.467 e. The van der Waals surface area contributed by atoms with Gasteiger partial charge in [0.2, 0.25) is 5.91 Å². The summed E-state index contributed by atoms with van der Waals surface area (Å²) in [7, 11) is 1.29. The number of ether oxygens (including phenoxy) is 1. The second-order valence-corrected chi connectivity index (χ2v) is 7.62. The average Bonchev–Trinajstić information content (AvgIpc) is 2.76. The topological polar surface area (TPSA) is 55.4 Å². The van der Waals surface area contributed by atoms with Crippen LogP contribution < -0.4 is 5.32 Å². The van der Waals surface area contributed by atoms with Gasteiger partial charge >= 0.3 is 5.97 Å². The molecule has 0 aliphatic rings. The Morgan fingerprint density at radius 1 is 0.900 bits per heavy atom. The van der Waals surface area contributed by atoms with Crippen LogP contribution in [0.4, 0.5) is 0 Å². The summed E-state index contributed by atoms with van der Waals surface area (Å²) in [4.78, 5) is 25.8. The summed E-state index contributed by atoms with van der Waals surface area (Å²) in [5.41, 5.74) is 2.34. The Labute approximate surface area is 185 Å². The van der Waals surface area contributed by atoms with Crippen LogP contribution in [0.2, 0.25) is 10.0 Å². The van der Waals surface area contributed by atoms with Crippen LogP contribution in [0.5, 0.6) is 0 Å². The van der Waals surface area contributed by atoms with Gasteiger partial charge in [-0.25, -0.2) is 4.79 Å². The van der Waals surface area contributed by atoms with Crippen molar-refractivity contribution >= 4 is 35.1 Å². The average molecular weight is 442 g/mol. The van der Waals surface area contributed by atoms with Crippen LogP contribution in [0.15, 0.2) is 78.9 Å². The van der Waals surface area contributed by atoms with Crippen LogP contribution in [-0.2, 0) is 20.7 Å². The lowest BCUT2D eigenvalue weighted by Crippen LogP contribution is -2.45. The third-order valence-electron chi connectivity index (χ3n) is 4.77. The smallest absolute Gasteiger partial charge is 0.328 e. The van der Waals surface area contributed by atoms with Crippen molar-refractivity contribution in [2.24, 2.45) is 0 Å². The van der Waals surface area contributed by atoms with E-state index in [2.05, 4.69) is 5.32 Å². The molecule has 0 saturated carbocycles. The Balaban J connectivity index is 1.89. The van der Waals surface area contributed by atoms with Gasteiger partial charge in [-0.2, -0.15) is 0 Å². The van der Waals surface area contributed by atoms with Gasteiger partial charge in [0.25, 0.3) is 0 Å². The van der Waals surface area contributed by atoms with Crippen LogP contribution in [0.3, 0.4) is 0 Å². The maximum absolute atomic E-state index is 13.3. The zero-order valence-electron chi connectivity index (χ0n) is 16.3. The van der Waals surface area contributed by atoms with Crippen molar-refractivity contribution in [1.82, 2.24) is 5.32 Å². The number of rotatable bonds is 7. The molecule has 0 aliphatic carbocycles. The Kier molecular flexibility index (Phi) is 7.50. The van der Waals surface area contributed by atoms with Gasteiger partial charge in [0.1, 0.15) is 6.04 Å². The molecule has 1 atom stereocenters. The summed E-state index contributed by atoms with van der Waals surface area (Å²) in [6, 6.07) is 23.0. The Morgan fingerprint density at radius 3 is 1.97 bits per heavy atom. The fourth-order valence-corrected chi connectivity index (χ4v) is 3.77. The zero-order valence-corrected chi connectivity index (χ0v) is 17.9. The first-order valence-electron chi connectivity index (χ1n) is 9.41. The van der Waals surface area contributed by atoms with Gasteiger partial charge in [0.05, 0.1) is 13.0 Å². The van der Waals surface area contributed by atoms with E-state index >= 15 is 0 Å². The van der Waals surface area contributed by atoms with Gasteiger partial charge < -0.3 is 10.1 Å². The van der Waals surface area contributed by atoms with E-state index < -0.39 is 17.9 Å². The molecule has 154 valence electrons. The standard InChI is InChI=1S/C24H21Cl2NO3/c1-30-24(29)21(14-18-12-13-19(25)15-20(18)26)27-23(28)22(16-8-4-2-5-9-16)17-10-6-3-7-11-17/h2-13,15,21-22H,14H2,1H3,(H,27,28)/t21-/m0/s1. The van der Waals surface area contributed by atoms with Crippen LogP contribution >= 0.6 is 23.2 Å². The van der Waals surface area contributed by atoms with E-state index in [1.54, 1.807) is 18.2 Å². The van der Waals surface area contributed by atoms with Crippen molar-refractivity contribution in [3.8, 4) is 0 Å². The van der Waals surface area contributed by atoms with Crippen molar-refractivity contribution in [2.45, 2.75) is 18.4 Å². The molecule has 0 aromatic heterocycles. The van der Waals surface area contributed by atoms with Gasteiger partial charge in [-0.15, -0.1) is 0 Å². The molecule has 0 spiro atoms. The maximum Gasteiger partial charge on any atom is 0.328 e. The molecule has 3 aromatic carbocycles. The molecule has 0 saturated heterocycles. The number of nitrogens with one attached hydrogen (secondary N) is 1. The molecule has 3 aromatic rings. The molecule has 6 heteroatoms. The Hall–Kier alpha value is -2.82. The molecule has 30 heavy (non-hydrogen) atoms. The predicted molar refractivity (Wildman–Crippen MR) is 119 cm³/mol. The molecule has 0 fully saturated rings. The van der Waals surface area contributed by atoms with Crippen molar-refractivity contribution in [1.29, 1.82) is 0 Å². The Bertz CT molecular complexity index is 970. The SMILES string of the molecule is COC(=O)[C@H](Cc1ccc(Cl)cc1Cl)NC(=O)C(c1ccccc1)c1ccccc1. The first-order valence-corrected chi connectivity index (χ1v) is 10.2. The highest BCUT2D eigenvalue weighted by atomic mass is 35.5. The first kappa shape index (κ1) is 21.9. The summed E-state index contributed by atoms with van der Waals surface area (Å²) in [5, 5.41) is 3.77. The number of benzene rings is 3. The van der Waals surface area contributed by atoms with E-state index in [-0.39, 0.29) is 12.3 Å². The molecular weight excluding hydrogens is 421 g/mol. The quantitative estimate of drug-likeness (QED) is 0.523. The lowest BCUT2D eigenvalue weighted by atomic mass is 9.90. The molecule has 4 nitrogen and oxygen atoms in total. The number of amides is 1. The highest BCUT2D eigenvalue weighted by molar-refractivity contribution is 6.35. The fourth-order valence-electron chi connectivity index (χ4n) is 3.28. The van der Waals surface area contributed by atoms with Gasteiger partial charge in [-0.1, -0.05) is 89.9 Å². The van der Waals surface area contributed by atoms with Crippen molar-refractivity contribution in [3.63, 3.8) is 0 Å². The number of carbonyl (C=O) groups is 2. The summed E-state index contributed by atoms with van der Waals surface area (Å²) < 4.78 is 4.92.